The van der Waals surface area contributed by atoms with E-state index in [2.05, 4.69) is 0 Å². The van der Waals surface area contributed by atoms with E-state index >= 15 is 0 Å². The van der Waals surface area contributed by atoms with Crippen molar-refractivity contribution in [3.8, 4) is 11.1 Å². The fourth-order valence-corrected chi connectivity index (χ4v) is 2.27. The van der Waals surface area contributed by atoms with Crippen LogP contribution in [0, 0.1) is 0 Å². The average molecular weight is 330 g/mol. The van der Waals surface area contributed by atoms with Crippen molar-refractivity contribution in [2.75, 3.05) is 0 Å². The van der Waals surface area contributed by atoms with Crippen molar-refractivity contribution in [2.45, 2.75) is 0 Å². The zero-order chi connectivity index (χ0) is 18.0. The van der Waals surface area contributed by atoms with E-state index in [4.69, 9.17) is 5.11 Å². The molecule has 2 aromatic carbocycles. The van der Waals surface area contributed by atoms with Crippen molar-refractivity contribution in [1.82, 2.24) is 0 Å². The lowest BCUT2D eigenvalue weighted by molar-refractivity contribution is 0.0674. The molecule has 2 rings (SSSR count). The summed E-state index contributed by atoms with van der Waals surface area (Å²) >= 11 is 0. The molecular weight excluding hydrogens is 320 g/mol. The molecule has 0 aromatic heterocycles. The van der Waals surface area contributed by atoms with E-state index in [-0.39, 0.29) is 16.7 Å². The average Bonchev–Trinajstić information content (AvgIpc) is 2.53. The van der Waals surface area contributed by atoms with E-state index < -0.39 is 40.6 Å². The predicted molar refractivity (Wildman–Crippen MR) is 79.7 cm³/mol. The van der Waals surface area contributed by atoms with Gasteiger partial charge in [-0.25, -0.2) is 19.2 Å². The number of hydrogen-bond donors (Lipinski definition) is 4. The predicted octanol–water partition coefficient (Wildman–Crippen LogP) is 2.15. The third-order valence-corrected chi connectivity index (χ3v) is 3.29. The smallest absolute Gasteiger partial charge is 0.336 e. The lowest BCUT2D eigenvalue weighted by Crippen LogP contribution is -2.10. The summed E-state index contributed by atoms with van der Waals surface area (Å²) in [4.78, 5) is 45.2. The lowest BCUT2D eigenvalue weighted by atomic mass is 9.90. The van der Waals surface area contributed by atoms with Crippen molar-refractivity contribution >= 4 is 23.9 Å². The summed E-state index contributed by atoms with van der Waals surface area (Å²) in [5.74, 6) is -5.75. The molecule has 4 N–H and O–H groups in total. The molecule has 0 atom stereocenters. The number of carboxylic acid groups (broad SMARTS) is 4. The molecule has 0 amide bonds. The van der Waals surface area contributed by atoms with E-state index in [1.165, 1.54) is 6.07 Å². The Kier molecular flexibility index (Phi) is 4.32. The number of carboxylic acids is 4. The third-order valence-electron chi connectivity index (χ3n) is 3.29. The van der Waals surface area contributed by atoms with Gasteiger partial charge in [-0.2, -0.15) is 0 Å². The van der Waals surface area contributed by atoms with Gasteiger partial charge in [-0.05, 0) is 29.8 Å². The minimum absolute atomic E-state index is 0.192. The summed E-state index contributed by atoms with van der Waals surface area (Å²) in [5.41, 5.74) is -2.12. The Morgan fingerprint density at radius 2 is 1.12 bits per heavy atom. The molecule has 8 nitrogen and oxygen atoms in total. The summed E-state index contributed by atoms with van der Waals surface area (Å²) in [5, 5.41) is 36.8. The van der Waals surface area contributed by atoms with Gasteiger partial charge in [0, 0.05) is 5.56 Å². The zero-order valence-electron chi connectivity index (χ0n) is 11.9. The SMILES string of the molecule is O=C(O)c1ccc(-c2c(C(=O)O)cccc2C(=O)O)c(C(=O)O)c1. The molecule has 2 aromatic rings. The first-order valence-corrected chi connectivity index (χ1v) is 6.44. The quantitative estimate of drug-likeness (QED) is 0.651. The Morgan fingerprint density at radius 3 is 1.54 bits per heavy atom. The van der Waals surface area contributed by atoms with Gasteiger partial charge >= 0.3 is 23.9 Å². The highest BCUT2D eigenvalue weighted by atomic mass is 16.4. The first-order valence-electron chi connectivity index (χ1n) is 6.44. The molecule has 0 bridgehead atoms. The van der Waals surface area contributed by atoms with Gasteiger partial charge in [0.25, 0.3) is 0 Å². The van der Waals surface area contributed by atoms with Crippen LogP contribution < -0.4 is 0 Å². The second-order valence-corrected chi connectivity index (χ2v) is 4.71. The molecule has 0 fully saturated rings. The Hall–Kier alpha value is -3.68. The van der Waals surface area contributed by atoms with Gasteiger partial charge in [-0.3, -0.25) is 0 Å². The summed E-state index contributed by atoms with van der Waals surface area (Å²) < 4.78 is 0. The maximum absolute atomic E-state index is 11.4. The van der Waals surface area contributed by atoms with Crippen LogP contribution in [0.15, 0.2) is 36.4 Å². The third kappa shape index (κ3) is 2.93. The largest absolute Gasteiger partial charge is 0.478 e. The highest BCUT2D eigenvalue weighted by Gasteiger charge is 2.24. The van der Waals surface area contributed by atoms with Crippen LogP contribution in [0.25, 0.3) is 11.1 Å². The van der Waals surface area contributed by atoms with Crippen molar-refractivity contribution < 1.29 is 39.6 Å². The van der Waals surface area contributed by atoms with Crippen LogP contribution in [0.4, 0.5) is 0 Å². The normalized spacial score (nSPS) is 10.2. The van der Waals surface area contributed by atoms with E-state index in [0.29, 0.717) is 0 Å². The standard InChI is InChI=1S/C16H10O8/c17-13(18)7-4-5-8(11(6-7)16(23)24)12-9(14(19)20)2-1-3-10(12)15(21)22/h1-6H,(H,17,18)(H,19,20)(H,21,22)(H,23,24). The zero-order valence-corrected chi connectivity index (χ0v) is 11.9. The van der Waals surface area contributed by atoms with E-state index in [1.807, 2.05) is 0 Å². The van der Waals surface area contributed by atoms with Crippen molar-refractivity contribution in [1.29, 1.82) is 0 Å². The minimum atomic E-state index is -1.51. The molecule has 0 aliphatic heterocycles. The molecule has 0 aliphatic rings. The Labute approximate surface area is 134 Å². The Morgan fingerprint density at radius 1 is 0.625 bits per heavy atom. The second kappa shape index (κ2) is 6.21. The second-order valence-electron chi connectivity index (χ2n) is 4.71. The van der Waals surface area contributed by atoms with Crippen molar-refractivity contribution in [3.63, 3.8) is 0 Å². The van der Waals surface area contributed by atoms with Gasteiger partial charge in [0.1, 0.15) is 0 Å². The summed E-state index contributed by atoms with van der Waals surface area (Å²) in [7, 11) is 0. The van der Waals surface area contributed by atoms with Crippen LogP contribution >= 0.6 is 0 Å². The van der Waals surface area contributed by atoms with Gasteiger partial charge in [0.15, 0.2) is 0 Å². The molecule has 0 spiro atoms. The molecule has 0 aliphatic carbocycles. The summed E-state index contributed by atoms with van der Waals surface area (Å²) in [6, 6.07) is 6.52. The Bertz CT molecular complexity index is 849. The molecule has 0 saturated heterocycles. The van der Waals surface area contributed by atoms with Gasteiger partial charge in [-0.15, -0.1) is 0 Å². The molecule has 0 saturated carbocycles. The molecule has 24 heavy (non-hydrogen) atoms. The fourth-order valence-electron chi connectivity index (χ4n) is 2.27. The number of carbonyl (C=O) groups is 4. The molecule has 122 valence electrons. The van der Waals surface area contributed by atoms with Gasteiger partial charge in [-0.1, -0.05) is 12.1 Å². The van der Waals surface area contributed by atoms with Crippen LogP contribution in [0.2, 0.25) is 0 Å². The van der Waals surface area contributed by atoms with E-state index in [9.17, 15) is 34.5 Å². The first kappa shape index (κ1) is 16.7. The molecule has 0 heterocycles. The maximum atomic E-state index is 11.4. The molecule has 8 heteroatoms. The monoisotopic (exact) mass is 330 g/mol. The van der Waals surface area contributed by atoms with Crippen LogP contribution in [0.3, 0.4) is 0 Å². The van der Waals surface area contributed by atoms with Crippen LogP contribution in [-0.4, -0.2) is 44.3 Å². The number of aromatic carboxylic acids is 4. The first-order chi connectivity index (χ1) is 11.2. The molecular formula is C16H10O8. The van der Waals surface area contributed by atoms with Crippen LogP contribution in [-0.2, 0) is 0 Å². The van der Waals surface area contributed by atoms with E-state index in [0.717, 1.165) is 30.3 Å². The topological polar surface area (TPSA) is 149 Å². The van der Waals surface area contributed by atoms with Crippen LogP contribution in [0.1, 0.15) is 41.4 Å². The lowest BCUT2D eigenvalue weighted by Gasteiger charge is -2.13. The number of benzene rings is 2. The molecule has 0 radical (unpaired) electrons. The Balaban J connectivity index is 2.90. The summed E-state index contributed by atoms with van der Waals surface area (Å²) in [6.45, 7) is 0. The number of hydrogen-bond acceptors (Lipinski definition) is 4. The fraction of sp³-hybridized carbons (Fsp3) is 0. The van der Waals surface area contributed by atoms with Gasteiger partial charge in [0.05, 0.1) is 22.3 Å². The number of rotatable bonds is 5. The van der Waals surface area contributed by atoms with Crippen molar-refractivity contribution in [3.05, 3.63) is 58.7 Å². The van der Waals surface area contributed by atoms with Gasteiger partial charge in [0.2, 0.25) is 0 Å². The van der Waals surface area contributed by atoms with Crippen molar-refractivity contribution in [2.24, 2.45) is 0 Å². The minimum Gasteiger partial charge on any atom is -0.478 e. The van der Waals surface area contributed by atoms with Gasteiger partial charge < -0.3 is 20.4 Å². The summed E-state index contributed by atoms with van der Waals surface area (Å²) in [6.07, 6.45) is 0. The highest BCUT2D eigenvalue weighted by molar-refractivity contribution is 6.09. The highest BCUT2D eigenvalue weighted by Crippen LogP contribution is 2.32. The molecule has 0 unspecified atom stereocenters. The van der Waals surface area contributed by atoms with E-state index in [1.54, 1.807) is 0 Å². The van der Waals surface area contributed by atoms with Crippen LogP contribution in [0.5, 0.6) is 0 Å². The maximum Gasteiger partial charge on any atom is 0.336 e.